The van der Waals surface area contributed by atoms with E-state index in [4.69, 9.17) is 14.2 Å². The highest BCUT2D eigenvalue weighted by Gasteiger charge is 2.70. The van der Waals surface area contributed by atoms with Crippen molar-refractivity contribution in [2.75, 3.05) is 14.2 Å². The van der Waals surface area contributed by atoms with Gasteiger partial charge in [0.15, 0.2) is 0 Å². The number of nitrogens with one attached hydrogen (secondary N) is 2. The largest absolute Gasteiger partial charge is 0.496 e. The maximum atomic E-state index is 14.0. The lowest BCUT2D eigenvalue weighted by Crippen LogP contribution is -2.77. The molecule has 4 bridgehead atoms. The van der Waals surface area contributed by atoms with Gasteiger partial charge in [-0.3, -0.25) is 14.4 Å². The van der Waals surface area contributed by atoms with Crippen molar-refractivity contribution >= 4 is 17.8 Å². The summed E-state index contributed by atoms with van der Waals surface area (Å²) in [5.74, 6) is 0.743. The fourth-order valence-electron chi connectivity index (χ4n) is 8.36. The summed E-state index contributed by atoms with van der Waals surface area (Å²) in [5, 5.41) is 6.34. The van der Waals surface area contributed by atoms with Crippen molar-refractivity contribution < 1.29 is 33.0 Å². The molecule has 40 heavy (non-hydrogen) atoms. The first-order chi connectivity index (χ1) is 19.0. The van der Waals surface area contributed by atoms with Crippen LogP contribution < -0.4 is 20.1 Å². The van der Waals surface area contributed by atoms with Gasteiger partial charge < -0.3 is 24.8 Å². The number of ether oxygens (including phenoxy) is 3. The number of carbonyl (C=O) groups is 3. The number of halogens is 1. The van der Waals surface area contributed by atoms with Crippen molar-refractivity contribution in [3.05, 3.63) is 23.3 Å². The molecule has 6 aliphatic carbocycles. The van der Waals surface area contributed by atoms with Crippen LogP contribution in [0.2, 0.25) is 0 Å². The van der Waals surface area contributed by atoms with Gasteiger partial charge in [0.05, 0.1) is 37.2 Å². The van der Waals surface area contributed by atoms with Crippen LogP contribution in [0.5, 0.6) is 11.5 Å². The van der Waals surface area contributed by atoms with Crippen molar-refractivity contribution in [3.8, 4) is 11.5 Å². The van der Waals surface area contributed by atoms with Gasteiger partial charge in [0, 0.05) is 30.8 Å². The number of rotatable bonds is 8. The van der Waals surface area contributed by atoms with E-state index in [1.165, 1.54) is 14.2 Å². The zero-order valence-electron chi connectivity index (χ0n) is 23.9. The molecule has 4 atom stereocenters. The molecule has 1 aromatic carbocycles. The summed E-state index contributed by atoms with van der Waals surface area (Å²) < 4.78 is 31.0. The van der Waals surface area contributed by atoms with Gasteiger partial charge in [-0.2, -0.15) is 0 Å². The fourth-order valence-corrected chi connectivity index (χ4v) is 8.36. The fraction of sp³-hybridized carbons (Fsp3) is 0.710. The number of benzene rings is 1. The molecule has 0 spiro atoms. The number of amides is 2. The number of carbonyl (C=O) groups excluding carboxylic acids is 3. The van der Waals surface area contributed by atoms with Crippen LogP contribution >= 0.6 is 0 Å². The Morgan fingerprint density at radius 3 is 2.27 bits per heavy atom. The Labute approximate surface area is 235 Å². The lowest BCUT2D eigenvalue weighted by molar-refractivity contribution is -0.177. The summed E-state index contributed by atoms with van der Waals surface area (Å²) in [6.45, 7) is 3.86. The minimum atomic E-state index is -1.07. The molecular weight excluding hydrogens is 515 g/mol. The Morgan fingerprint density at radius 2 is 1.65 bits per heavy atom. The van der Waals surface area contributed by atoms with E-state index in [1.807, 2.05) is 19.9 Å². The van der Waals surface area contributed by atoms with Gasteiger partial charge in [0.2, 0.25) is 5.91 Å². The predicted molar refractivity (Wildman–Crippen MR) is 145 cm³/mol. The first-order valence-corrected chi connectivity index (χ1v) is 14.7. The molecule has 0 radical (unpaired) electrons. The summed E-state index contributed by atoms with van der Waals surface area (Å²) in [4.78, 5) is 39.3. The molecule has 0 aliphatic heterocycles. The van der Waals surface area contributed by atoms with Gasteiger partial charge in [0.25, 0.3) is 5.91 Å². The highest BCUT2D eigenvalue weighted by molar-refractivity contribution is 5.98. The van der Waals surface area contributed by atoms with Crippen LogP contribution in [0.1, 0.15) is 87.1 Å². The van der Waals surface area contributed by atoms with Crippen LogP contribution in [-0.2, 0) is 14.3 Å². The molecule has 7 rings (SSSR count). The third-order valence-corrected chi connectivity index (χ3v) is 10.6. The Morgan fingerprint density at radius 1 is 0.975 bits per heavy atom. The van der Waals surface area contributed by atoms with Crippen molar-refractivity contribution in [1.29, 1.82) is 0 Å². The highest BCUT2D eigenvalue weighted by atomic mass is 19.1. The molecule has 0 aromatic heterocycles. The second-order valence-electron chi connectivity index (χ2n) is 13.5. The summed E-state index contributed by atoms with van der Waals surface area (Å²) in [6.07, 6.45) is 6.84. The first kappa shape index (κ1) is 27.3. The first-order valence-electron chi connectivity index (χ1n) is 14.7. The molecule has 9 heteroatoms. The lowest BCUT2D eigenvalue weighted by atomic mass is 9.47. The standard InChI is InChI=1S/C31H41FN2O6/c1-17-11-23(38-3)21(13-22(17)40-20-7-9-29(2,10-8-20)28(37)39-4)26(35)33-25-19-6-5-18(12-19)24(25)27(36)34-31-14-30(32,15-31)16-31/h11,13,18-20,24-25H,5-10,12,14-16H2,1-4H3,(H,33,35)(H,34,36)/t18-,19+,20-,24+,25-,29+,30?,31?/m1/s1. The van der Waals surface area contributed by atoms with Crippen LogP contribution in [0.4, 0.5) is 4.39 Å². The molecule has 0 saturated heterocycles. The highest BCUT2D eigenvalue weighted by Crippen LogP contribution is 2.63. The number of methoxy groups -OCH3 is 2. The second-order valence-corrected chi connectivity index (χ2v) is 13.5. The third kappa shape index (κ3) is 4.53. The third-order valence-electron chi connectivity index (χ3n) is 10.6. The van der Waals surface area contributed by atoms with Gasteiger partial charge in [-0.05, 0) is 88.3 Å². The summed E-state index contributed by atoms with van der Waals surface area (Å²) in [5.41, 5.74) is -0.711. The van der Waals surface area contributed by atoms with Crippen molar-refractivity contribution in [1.82, 2.24) is 10.6 Å². The van der Waals surface area contributed by atoms with E-state index in [0.29, 0.717) is 62.0 Å². The van der Waals surface area contributed by atoms with Gasteiger partial charge >= 0.3 is 5.97 Å². The molecule has 0 unspecified atom stereocenters. The molecule has 6 aliphatic rings. The summed E-state index contributed by atoms with van der Waals surface area (Å²) in [7, 11) is 2.96. The Balaban J connectivity index is 1.15. The van der Waals surface area contributed by atoms with E-state index in [0.717, 1.165) is 24.8 Å². The lowest BCUT2D eigenvalue weighted by Gasteiger charge is -2.66. The van der Waals surface area contributed by atoms with Crippen LogP contribution in [-0.4, -0.2) is 55.4 Å². The molecule has 0 heterocycles. The van der Waals surface area contributed by atoms with Crippen LogP contribution in [0.25, 0.3) is 0 Å². The van der Waals surface area contributed by atoms with E-state index in [9.17, 15) is 18.8 Å². The second kappa shape index (κ2) is 9.62. The summed E-state index contributed by atoms with van der Waals surface area (Å²) >= 11 is 0. The van der Waals surface area contributed by atoms with E-state index in [1.54, 1.807) is 6.07 Å². The smallest absolute Gasteiger partial charge is 0.311 e. The number of hydrogen-bond acceptors (Lipinski definition) is 6. The Kier molecular flexibility index (Phi) is 6.58. The number of aryl methyl sites for hydroxylation is 1. The predicted octanol–water partition coefficient (Wildman–Crippen LogP) is 4.41. The minimum absolute atomic E-state index is 0.0459. The molecule has 6 fully saturated rings. The molecule has 1 aromatic rings. The van der Waals surface area contributed by atoms with Gasteiger partial charge in [-0.1, -0.05) is 0 Å². The molecule has 6 saturated carbocycles. The summed E-state index contributed by atoms with van der Waals surface area (Å²) in [6, 6.07) is 3.29. The normalized spacial score (nSPS) is 39.0. The molecule has 218 valence electrons. The van der Waals surface area contributed by atoms with E-state index < -0.39 is 11.1 Å². The van der Waals surface area contributed by atoms with E-state index >= 15 is 0 Å². The van der Waals surface area contributed by atoms with Crippen LogP contribution in [0.15, 0.2) is 12.1 Å². The molecule has 2 N–H and O–H groups in total. The number of esters is 1. The van der Waals surface area contributed by atoms with Gasteiger partial charge in [-0.15, -0.1) is 0 Å². The average molecular weight is 557 g/mol. The molecular formula is C31H41FN2O6. The minimum Gasteiger partial charge on any atom is -0.496 e. The zero-order valence-corrected chi connectivity index (χ0v) is 23.9. The zero-order chi connectivity index (χ0) is 28.4. The SMILES string of the molecule is COc1cc(C)c(O[C@H]2CC[C@@](C)(C(=O)OC)CC2)cc1C(=O)N[C@@H]1[C@H]2CC[C@H](C2)[C@@H]1C(=O)NC12CC(F)(C1)C2. The number of hydrogen-bond donors (Lipinski definition) is 2. The maximum absolute atomic E-state index is 14.0. The quantitative estimate of drug-likeness (QED) is 0.460. The maximum Gasteiger partial charge on any atom is 0.311 e. The topological polar surface area (TPSA) is 103 Å². The monoisotopic (exact) mass is 556 g/mol. The Bertz CT molecular complexity index is 1200. The van der Waals surface area contributed by atoms with Gasteiger partial charge in [-0.25, -0.2) is 4.39 Å². The van der Waals surface area contributed by atoms with Crippen LogP contribution in [0, 0.1) is 30.1 Å². The average Bonchev–Trinajstić information content (AvgIpc) is 3.50. The van der Waals surface area contributed by atoms with Crippen molar-refractivity contribution in [2.45, 2.75) is 101 Å². The van der Waals surface area contributed by atoms with Crippen molar-refractivity contribution in [2.24, 2.45) is 23.2 Å². The Hall–Kier alpha value is -2.84. The van der Waals surface area contributed by atoms with E-state index in [2.05, 4.69) is 10.6 Å². The van der Waals surface area contributed by atoms with Crippen molar-refractivity contribution in [3.63, 3.8) is 0 Å². The van der Waals surface area contributed by atoms with Crippen LogP contribution in [0.3, 0.4) is 0 Å². The molecule has 8 nitrogen and oxygen atoms in total. The van der Waals surface area contributed by atoms with E-state index in [-0.39, 0.29) is 53.2 Å². The number of fused-ring (bicyclic) bond motifs is 2. The van der Waals surface area contributed by atoms with Gasteiger partial charge in [0.1, 0.15) is 17.2 Å². The number of alkyl halides is 1. The molecule has 2 amide bonds.